The number of aromatic nitrogens is 1. The van der Waals surface area contributed by atoms with Crippen molar-refractivity contribution in [3.63, 3.8) is 0 Å². The molecule has 0 spiro atoms. The van der Waals surface area contributed by atoms with E-state index in [1.54, 1.807) is 0 Å². The van der Waals surface area contributed by atoms with Gasteiger partial charge < -0.3 is 10.6 Å². The largest absolute Gasteiger partial charge is 0.417 e. The lowest BCUT2D eigenvalue weighted by Gasteiger charge is -2.20. The van der Waals surface area contributed by atoms with Crippen LogP contribution in [0.5, 0.6) is 0 Å². The van der Waals surface area contributed by atoms with Gasteiger partial charge in [0.25, 0.3) is 0 Å². The fourth-order valence-electron chi connectivity index (χ4n) is 1.30. The first kappa shape index (κ1) is 15.3. The Kier molecular flexibility index (Phi) is 4.39. The summed E-state index contributed by atoms with van der Waals surface area (Å²) in [6, 6.07) is 2.10. The van der Waals surface area contributed by atoms with E-state index in [1.165, 1.54) is 6.07 Å². The van der Waals surface area contributed by atoms with Gasteiger partial charge in [-0.3, -0.25) is 4.79 Å². The van der Waals surface area contributed by atoms with Crippen molar-refractivity contribution in [1.82, 2.24) is 10.3 Å². The number of halogens is 3. The standard InChI is InChI=1S/C12H16F3N3O/c1-11(2,3)18-10(19)7-17-9-5-4-8(6-16-9)12(13,14)15/h4-6H,7H2,1-3H3,(H,16,17)(H,18,19). The van der Waals surface area contributed by atoms with E-state index in [0.29, 0.717) is 0 Å². The lowest BCUT2D eigenvalue weighted by molar-refractivity contribution is -0.137. The second-order valence-electron chi connectivity index (χ2n) is 5.08. The molecule has 0 aliphatic heterocycles. The van der Waals surface area contributed by atoms with Crippen LogP contribution in [0.15, 0.2) is 18.3 Å². The van der Waals surface area contributed by atoms with Crippen molar-refractivity contribution in [3.05, 3.63) is 23.9 Å². The van der Waals surface area contributed by atoms with E-state index in [-0.39, 0.29) is 23.8 Å². The molecule has 0 radical (unpaired) electrons. The van der Waals surface area contributed by atoms with Crippen molar-refractivity contribution >= 4 is 11.7 Å². The number of amides is 1. The van der Waals surface area contributed by atoms with Gasteiger partial charge in [0.1, 0.15) is 5.82 Å². The second-order valence-corrected chi connectivity index (χ2v) is 5.08. The Balaban J connectivity index is 2.53. The fraction of sp³-hybridized carbons (Fsp3) is 0.500. The zero-order valence-electron chi connectivity index (χ0n) is 10.9. The molecule has 1 aromatic heterocycles. The number of alkyl halides is 3. The fourth-order valence-corrected chi connectivity index (χ4v) is 1.30. The van der Waals surface area contributed by atoms with E-state index in [1.807, 2.05) is 20.8 Å². The summed E-state index contributed by atoms with van der Waals surface area (Å²) in [5.41, 5.74) is -1.18. The highest BCUT2D eigenvalue weighted by molar-refractivity contribution is 5.81. The van der Waals surface area contributed by atoms with Crippen LogP contribution in [0.25, 0.3) is 0 Å². The van der Waals surface area contributed by atoms with Crippen molar-refractivity contribution in [1.29, 1.82) is 0 Å². The normalized spacial score (nSPS) is 12.1. The molecule has 0 fully saturated rings. The van der Waals surface area contributed by atoms with Gasteiger partial charge in [-0.1, -0.05) is 0 Å². The average molecular weight is 275 g/mol. The highest BCUT2D eigenvalue weighted by Gasteiger charge is 2.30. The monoisotopic (exact) mass is 275 g/mol. The SMILES string of the molecule is CC(C)(C)NC(=O)CNc1ccc(C(F)(F)F)cn1. The number of anilines is 1. The minimum atomic E-state index is -4.41. The van der Waals surface area contributed by atoms with Gasteiger partial charge in [-0.15, -0.1) is 0 Å². The van der Waals surface area contributed by atoms with E-state index >= 15 is 0 Å². The van der Waals surface area contributed by atoms with Crippen LogP contribution in [0.3, 0.4) is 0 Å². The number of pyridine rings is 1. The summed E-state index contributed by atoms with van der Waals surface area (Å²) in [5, 5.41) is 5.37. The summed E-state index contributed by atoms with van der Waals surface area (Å²) >= 11 is 0. The van der Waals surface area contributed by atoms with Crippen molar-refractivity contribution < 1.29 is 18.0 Å². The van der Waals surface area contributed by atoms with Crippen LogP contribution in [0.4, 0.5) is 19.0 Å². The molecular weight excluding hydrogens is 259 g/mol. The van der Waals surface area contributed by atoms with Crippen molar-refractivity contribution in [2.24, 2.45) is 0 Å². The summed E-state index contributed by atoms with van der Waals surface area (Å²) in [5.74, 6) is -0.0359. The first-order valence-electron chi connectivity index (χ1n) is 5.66. The van der Waals surface area contributed by atoms with Crippen molar-refractivity contribution in [2.75, 3.05) is 11.9 Å². The Hall–Kier alpha value is -1.79. The molecule has 0 atom stereocenters. The van der Waals surface area contributed by atoms with Gasteiger partial charge in [-0.25, -0.2) is 4.98 Å². The maximum atomic E-state index is 12.3. The quantitative estimate of drug-likeness (QED) is 0.890. The predicted octanol–water partition coefficient (Wildman–Crippen LogP) is 2.43. The molecule has 4 nitrogen and oxygen atoms in total. The molecule has 0 aliphatic carbocycles. The van der Waals surface area contributed by atoms with Crippen LogP contribution in [0.2, 0.25) is 0 Å². The highest BCUT2D eigenvalue weighted by atomic mass is 19.4. The van der Waals surface area contributed by atoms with Gasteiger partial charge in [-0.2, -0.15) is 13.2 Å². The Morgan fingerprint density at radius 3 is 2.32 bits per heavy atom. The molecule has 1 heterocycles. The van der Waals surface area contributed by atoms with Crippen molar-refractivity contribution in [2.45, 2.75) is 32.5 Å². The summed E-state index contributed by atoms with van der Waals surface area (Å²) < 4.78 is 36.9. The van der Waals surface area contributed by atoms with Crippen LogP contribution >= 0.6 is 0 Å². The molecule has 0 bridgehead atoms. The number of rotatable bonds is 3. The number of hydrogen-bond acceptors (Lipinski definition) is 3. The minimum Gasteiger partial charge on any atom is -0.361 e. The molecule has 0 saturated carbocycles. The molecule has 0 unspecified atom stereocenters. The number of nitrogens with zero attached hydrogens (tertiary/aromatic N) is 1. The van der Waals surface area contributed by atoms with Gasteiger partial charge in [0.2, 0.25) is 5.91 Å². The van der Waals surface area contributed by atoms with Crippen LogP contribution < -0.4 is 10.6 Å². The molecule has 7 heteroatoms. The van der Waals surface area contributed by atoms with E-state index < -0.39 is 11.7 Å². The predicted molar refractivity (Wildman–Crippen MR) is 65.6 cm³/mol. The first-order chi connectivity index (χ1) is 8.58. The molecule has 1 amide bonds. The summed E-state index contributed by atoms with van der Waals surface area (Å²) in [4.78, 5) is 15.1. The van der Waals surface area contributed by atoms with E-state index in [2.05, 4.69) is 15.6 Å². The molecule has 2 N–H and O–H groups in total. The van der Waals surface area contributed by atoms with E-state index in [9.17, 15) is 18.0 Å². The maximum Gasteiger partial charge on any atom is 0.417 e. The summed E-state index contributed by atoms with van der Waals surface area (Å²) in [6.07, 6.45) is -3.68. The molecule has 1 aromatic rings. The summed E-state index contributed by atoms with van der Waals surface area (Å²) in [7, 11) is 0. The number of carbonyl (C=O) groups is 1. The highest BCUT2D eigenvalue weighted by Crippen LogP contribution is 2.28. The summed E-state index contributed by atoms with van der Waals surface area (Å²) in [6.45, 7) is 5.46. The molecule has 0 saturated heterocycles. The molecular formula is C12H16F3N3O. The molecule has 19 heavy (non-hydrogen) atoms. The minimum absolute atomic E-state index is 0.0460. The second kappa shape index (κ2) is 5.46. The Labute approximate surface area is 109 Å². The number of hydrogen-bond donors (Lipinski definition) is 2. The Morgan fingerprint density at radius 2 is 1.89 bits per heavy atom. The smallest absolute Gasteiger partial charge is 0.361 e. The lowest BCUT2D eigenvalue weighted by Crippen LogP contribution is -2.43. The van der Waals surface area contributed by atoms with Gasteiger partial charge in [0.05, 0.1) is 12.1 Å². The van der Waals surface area contributed by atoms with Gasteiger partial charge in [-0.05, 0) is 32.9 Å². The Bertz CT molecular complexity index is 435. The van der Waals surface area contributed by atoms with Crippen LogP contribution in [0, 0.1) is 0 Å². The van der Waals surface area contributed by atoms with Gasteiger partial charge in [0, 0.05) is 11.7 Å². The zero-order valence-corrected chi connectivity index (χ0v) is 10.9. The average Bonchev–Trinajstić information content (AvgIpc) is 2.23. The van der Waals surface area contributed by atoms with Crippen LogP contribution in [-0.2, 0) is 11.0 Å². The third-order valence-electron chi connectivity index (χ3n) is 2.04. The first-order valence-corrected chi connectivity index (χ1v) is 5.66. The van der Waals surface area contributed by atoms with Crippen LogP contribution in [-0.4, -0.2) is 23.0 Å². The molecule has 0 aromatic carbocycles. The van der Waals surface area contributed by atoms with Gasteiger partial charge >= 0.3 is 6.18 Å². The van der Waals surface area contributed by atoms with Gasteiger partial charge in [0.15, 0.2) is 0 Å². The number of carbonyl (C=O) groups excluding carboxylic acids is 1. The third kappa shape index (κ3) is 5.58. The number of nitrogens with one attached hydrogen (secondary N) is 2. The Morgan fingerprint density at radius 1 is 1.26 bits per heavy atom. The molecule has 0 aliphatic rings. The molecule has 1 rings (SSSR count). The van der Waals surface area contributed by atoms with E-state index in [4.69, 9.17) is 0 Å². The topological polar surface area (TPSA) is 54.0 Å². The molecule has 106 valence electrons. The zero-order chi connectivity index (χ0) is 14.7. The van der Waals surface area contributed by atoms with E-state index in [0.717, 1.165) is 12.3 Å². The van der Waals surface area contributed by atoms with Crippen LogP contribution in [0.1, 0.15) is 26.3 Å². The third-order valence-corrected chi connectivity index (χ3v) is 2.04. The lowest BCUT2D eigenvalue weighted by atomic mass is 10.1. The van der Waals surface area contributed by atoms with Crippen molar-refractivity contribution in [3.8, 4) is 0 Å². The maximum absolute atomic E-state index is 12.3.